The molecule has 2 aromatic rings. The fraction of sp³-hybridized carbons (Fsp3) is 0.111. The number of carbonyl (C=O) groups excluding carboxylic acids is 2. The highest BCUT2D eigenvalue weighted by molar-refractivity contribution is 9.10. The average molecular weight is 416 g/mol. The first-order valence-corrected chi connectivity index (χ1v) is 8.71. The van der Waals surface area contributed by atoms with Crippen molar-refractivity contribution in [1.29, 1.82) is 0 Å². The second kappa shape index (κ2) is 7.25. The van der Waals surface area contributed by atoms with Gasteiger partial charge in [0.2, 0.25) is 5.91 Å². The summed E-state index contributed by atoms with van der Waals surface area (Å²) < 4.78 is 0.883. The quantitative estimate of drug-likeness (QED) is 0.473. The molecule has 1 aliphatic heterocycles. The first-order valence-electron chi connectivity index (χ1n) is 7.51. The van der Waals surface area contributed by atoms with Gasteiger partial charge in [0.1, 0.15) is 0 Å². The maximum Gasteiger partial charge on any atom is 0.251 e. The van der Waals surface area contributed by atoms with Crippen molar-refractivity contribution >= 4 is 62.7 Å². The van der Waals surface area contributed by atoms with Crippen molar-refractivity contribution in [1.82, 2.24) is 5.32 Å². The number of amides is 2. The summed E-state index contributed by atoms with van der Waals surface area (Å²) >= 11 is 8.52. The van der Waals surface area contributed by atoms with Crippen LogP contribution in [0.3, 0.4) is 0 Å². The van der Waals surface area contributed by atoms with Crippen LogP contribution in [-0.4, -0.2) is 23.1 Å². The van der Waals surface area contributed by atoms with Crippen molar-refractivity contribution in [2.75, 3.05) is 4.90 Å². The SMILES string of the molecule is Cc1ccccc1N=C[C@@H]1C(=O)NC(=S)N(c2ccc(Br)cc2)C1=O. The fourth-order valence-electron chi connectivity index (χ4n) is 2.42. The summed E-state index contributed by atoms with van der Waals surface area (Å²) in [6.07, 6.45) is 1.37. The van der Waals surface area contributed by atoms with Gasteiger partial charge in [-0.1, -0.05) is 34.1 Å². The summed E-state index contributed by atoms with van der Waals surface area (Å²) in [5, 5.41) is 2.64. The van der Waals surface area contributed by atoms with Crippen molar-refractivity contribution in [3.63, 3.8) is 0 Å². The molecule has 0 unspecified atom stereocenters. The van der Waals surface area contributed by atoms with Crippen LogP contribution in [0.15, 0.2) is 58.0 Å². The van der Waals surface area contributed by atoms with E-state index in [0.717, 1.165) is 10.0 Å². The lowest BCUT2D eigenvalue weighted by Crippen LogP contribution is -2.58. The van der Waals surface area contributed by atoms with E-state index in [1.165, 1.54) is 11.1 Å². The Morgan fingerprint density at radius 3 is 2.52 bits per heavy atom. The molecule has 0 spiro atoms. The minimum atomic E-state index is -1.03. The second-order valence-corrected chi connectivity index (χ2v) is 6.79. The minimum Gasteiger partial charge on any atom is -0.301 e. The van der Waals surface area contributed by atoms with Crippen LogP contribution in [0.25, 0.3) is 0 Å². The summed E-state index contributed by atoms with van der Waals surface area (Å²) in [6, 6.07) is 14.6. The number of carbonyl (C=O) groups is 2. The number of thiocarbonyl (C=S) groups is 1. The van der Waals surface area contributed by atoms with Gasteiger partial charge >= 0.3 is 0 Å². The Hall–Kier alpha value is -2.38. The molecule has 0 radical (unpaired) electrons. The highest BCUT2D eigenvalue weighted by Gasteiger charge is 2.38. The molecule has 1 N–H and O–H groups in total. The minimum absolute atomic E-state index is 0.0675. The van der Waals surface area contributed by atoms with Gasteiger partial charge in [0.15, 0.2) is 11.0 Å². The van der Waals surface area contributed by atoms with Crippen LogP contribution >= 0.6 is 28.1 Å². The van der Waals surface area contributed by atoms with E-state index in [4.69, 9.17) is 12.2 Å². The van der Waals surface area contributed by atoms with Crippen LogP contribution in [0.2, 0.25) is 0 Å². The summed E-state index contributed by atoms with van der Waals surface area (Å²) in [5.41, 5.74) is 2.27. The number of nitrogens with zero attached hydrogens (tertiary/aromatic N) is 2. The van der Waals surface area contributed by atoms with Crippen molar-refractivity contribution in [2.45, 2.75) is 6.92 Å². The predicted molar refractivity (Wildman–Crippen MR) is 105 cm³/mol. The van der Waals surface area contributed by atoms with Gasteiger partial charge < -0.3 is 5.32 Å². The molecular formula is C18H14BrN3O2S. The predicted octanol–water partition coefficient (Wildman–Crippen LogP) is 3.52. The smallest absolute Gasteiger partial charge is 0.251 e. The van der Waals surface area contributed by atoms with E-state index in [2.05, 4.69) is 26.2 Å². The summed E-state index contributed by atoms with van der Waals surface area (Å²) in [4.78, 5) is 30.7. The molecule has 0 aromatic heterocycles. The van der Waals surface area contributed by atoms with Gasteiger partial charge in [0.05, 0.1) is 11.4 Å². The van der Waals surface area contributed by atoms with E-state index >= 15 is 0 Å². The van der Waals surface area contributed by atoms with Crippen LogP contribution in [0.5, 0.6) is 0 Å². The van der Waals surface area contributed by atoms with E-state index < -0.39 is 17.7 Å². The molecule has 5 nitrogen and oxygen atoms in total. The summed E-state index contributed by atoms with van der Waals surface area (Å²) in [7, 11) is 0. The van der Waals surface area contributed by atoms with E-state index in [1.807, 2.05) is 31.2 Å². The molecule has 1 heterocycles. The Kier molecular flexibility index (Phi) is 5.06. The largest absolute Gasteiger partial charge is 0.301 e. The van der Waals surface area contributed by atoms with E-state index in [9.17, 15) is 9.59 Å². The molecule has 126 valence electrons. The number of aryl methyl sites for hydroxylation is 1. The molecule has 0 aliphatic carbocycles. The molecule has 1 saturated heterocycles. The number of hydrogen-bond donors (Lipinski definition) is 1. The molecule has 0 saturated carbocycles. The van der Waals surface area contributed by atoms with Gasteiger partial charge in [0.25, 0.3) is 5.91 Å². The average Bonchev–Trinajstić information content (AvgIpc) is 2.57. The molecule has 1 aliphatic rings. The van der Waals surface area contributed by atoms with Crippen molar-refractivity contribution in [3.8, 4) is 0 Å². The number of para-hydroxylation sites is 1. The van der Waals surface area contributed by atoms with Crippen LogP contribution in [0, 0.1) is 12.8 Å². The van der Waals surface area contributed by atoms with Gasteiger partial charge in [-0.05, 0) is 55.0 Å². The monoisotopic (exact) mass is 415 g/mol. The lowest BCUT2D eigenvalue weighted by Gasteiger charge is -2.30. The Balaban J connectivity index is 1.90. The standard InChI is InChI=1S/C18H14BrN3O2S/c1-11-4-2-3-5-15(11)20-10-14-16(23)21-18(25)22(17(14)24)13-8-6-12(19)7-9-13/h2-10,14H,1H3,(H,21,23,25)/t14-/m1/s1. The second-order valence-electron chi connectivity index (χ2n) is 5.49. The Morgan fingerprint density at radius 2 is 1.84 bits per heavy atom. The number of halogens is 1. The van der Waals surface area contributed by atoms with Crippen molar-refractivity contribution < 1.29 is 9.59 Å². The number of nitrogens with one attached hydrogen (secondary N) is 1. The van der Waals surface area contributed by atoms with E-state index in [0.29, 0.717) is 11.4 Å². The summed E-state index contributed by atoms with van der Waals surface area (Å²) in [5.74, 6) is -1.93. The van der Waals surface area contributed by atoms with Gasteiger partial charge in [-0.2, -0.15) is 0 Å². The molecule has 25 heavy (non-hydrogen) atoms. The maximum absolute atomic E-state index is 12.8. The number of anilines is 1. The molecule has 3 rings (SSSR count). The Morgan fingerprint density at radius 1 is 1.16 bits per heavy atom. The lowest BCUT2D eigenvalue weighted by atomic mass is 10.1. The van der Waals surface area contributed by atoms with Crippen LogP contribution in [-0.2, 0) is 9.59 Å². The zero-order valence-corrected chi connectivity index (χ0v) is 15.7. The maximum atomic E-state index is 12.8. The molecule has 2 amide bonds. The third-order valence-electron chi connectivity index (χ3n) is 3.77. The van der Waals surface area contributed by atoms with Crippen LogP contribution in [0.4, 0.5) is 11.4 Å². The van der Waals surface area contributed by atoms with Crippen molar-refractivity contribution in [2.24, 2.45) is 10.9 Å². The van der Waals surface area contributed by atoms with Crippen LogP contribution < -0.4 is 10.2 Å². The first kappa shape index (κ1) is 17.4. The summed E-state index contributed by atoms with van der Waals surface area (Å²) in [6.45, 7) is 1.92. The van der Waals surface area contributed by atoms with Crippen molar-refractivity contribution in [3.05, 3.63) is 58.6 Å². The highest BCUT2D eigenvalue weighted by Crippen LogP contribution is 2.23. The molecule has 0 bridgehead atoms. The third kappa shape index (κ3) is 3.67. The number of benzene rings is 2. The van der Waals surface area contributed by atoms with Gasteiger partial charge in [-0.15, -0.1) is 0 Å². The van der Waals surface area contributed by atoms with E-state index in [1.54, 1.807) is 24.3 Å². The lowest BCUT2D eigenvalue weighted by molar-refractivity contribution is -0.130. The Bertz CT molecular complexity index is 880. The van der Waals surface area contributed by atoms with Gasteiger partial charge in [-0.3, -0.25) is 19.5 Å². The molecule has 1 fully saturated rings. The molecule has 7 heteroatoms. The topological polar surface area (TPSA) is 61.8 Å². The number of aliphatic imine (C=N–C) groups is 1. The highest BCUT2D eigenvalue weighted by atomic mass is 79.9. The van der Waals surface area contributed by atoms with E-state index in [-0.39, 0.29) is 5.11 Å². The zero-order valence-electron chi connectivity index (χ0n) is 13.3. The normalized spacial score (nSPS) is 17.9. The van der Waals surface area contributed by atoms with Crippen LogP contribution in [0.1, 0.15) is 5.56 Å². The number of hydrogen-bond acceptors (Lipinski definition) is 4. The Labute approximate surface area is 158 Å². The fourth-order valence-corrected chi connectivity index (χ4v) is 2.98. The van der Waals surface area contributed by atoms with Gasteiger partial charge in [0, 0.05) is 10.7 Å². The van der Waals surface area contributed by atoms with Gasteiger partial charge in [-0.25, -0.2) is 0 Å². The molecule has 1 atom stereocenters. The molecule has 2 aromatic carbocycles. The number of rotatable bonds is 3. The third-order valence-corrected chi connectivity index (χ3v) is 4.58. The zero-order chi connectivity index (χ0) is 18.0. The first-order chi connectivity index (χ1) is 12.0. The molecular weight excluding hydrogens is 402 g/mol.